The zero-order valence-corrected chi connectivity index (χ0v) is 14.5. The fourth-order valence-corrected chi connectivity index (χ4v) is 4.08. The second kappa shape index (κ2) is 5.70. The maximum atomic E-state index is 6.13. The summed E-state index contributed by atoms with van der Waals surface area (Å²) in [5.74, 6) is 2.03. The zero-order chi connectivity index (χ0) is 16.7. The van der Waals surface area contributed by atoms with Crippen molar-refractivity contribution >= 4 is 0 Å². The molecule has 2 aromatic carbocycles. The Morgan fingerprint density at radius 1 is 1.25 bits per heavy atom. The molecule has 0 N–H and O–H groups in total. The molecule has 1 unspecified atom stereocenters. The summed E-state index contributed by atoms with van der Waals surface area (Å²) >= 11 is 0. The summed E-state index contributed by atoms with van der Waals surface area (Å²) in [7, 11) is 0. The van der Waals surface area contributed by atoms with Crippen LogP contribution in [0.25, 0.3) is 11.1 Å². The van der Waals surface area contributed by atoms with Gasteiger partial charge in [0, 0.05) is 23.0 Å². The van der Waals surface area contributed by atoms with Crippen LogP contribution in [0.15, 0.2) is 48.6 Å². The van der Waals surface area contributed by atoms with Crippen molar-refractivity contribution in [2.24, 2.45) is 0 Å². The monoisotopic (exact) mass is 320 g/mol. The molecule has 124 valence electrons. The first-order valence-corrected chi connectivity index (χ1v) is 8.74. The van der Waals surface area contributed by atoms with Crippen molar-refractivity contribution in [3.63, 3.8) is 0 Å². The van der Waals surface area contributed by atoms with Gasteiger partial charge in [0.1, 0.15) is 11.5 Å². The summed E-state index contributed by atoms with van der Waals surface area (Å²) in [6.45, 7) is 9.85. The number of ether oxygens (including phenoxy) is 2. The van der Waals surface area contributed by atoms with Gasteiger partial charge in [0.05, 0.1) is 13.2 Å². The molecule has 0 radical (unpaired) electrons. The molecule has 24 heavy (non-hydrogen) atoms. The Labute approximate surface area is 144 Å². The zero-order valence-electron chi connectivity index (χ0n) is 14.5. The lowest BCUT2D eigenvalue weighted by Crippen LogP contribution is -2.35. The largest absolute Gasteiger partial charge is 0.493 e. The number of hydrogen-bond acceptors (Lipinski definition) is 2. The second-order valence-electron chi connectivity index (χ2n) is 7.36. The molecule has 0 fully saturated rings. The Morgan fingerprint density at radius 3 is 2.92 bits per heavy atom. The van der Waals surface area contributed by atoms with E-state index in [1.807, 2.05) is 6.92 Å². The molecule has 1 aliphatic heterocycles. The molecular formula is C22H24O2. The van der Waals surface area contributed by atoms with Crippen LogP contribution in [-0.4, -0.2) is 13.2 Å². The molecule has 2 nitrogen and oxygen atoms in total. The second-order valence-corrected chi connectivity index (χ2v) is 7.36. The number of fused-ring (bicyclic) bond motifs is 2. The molecule has 0 saturated carbocycles. The van der Waals surface area contributed by atoms with Crippen LogP contribution in [0.5, 0.6) is 11.5 Å². The normalized spacial score (nSPS) is 20.6. The Balaban J connectivity index is 1.82. The standard InChI is InChI=1S/C22H24O2/c1-15(2)10-12-23-18-8-4-6-16-14-22(3)11-13-24-19-9-5-7-17(20(16)18)21(19)22/h4-9H,1,10-14H2,2-3H3. The Morgan fingerprint density at radius 2 is 2.08 bits per heavy atom. The molecule has 1 heterocycles. The highest BCUT2D eigenvalue weighted by atomic mass is 16.5. The number of benzene rings is 2. The van der Waals surface area contributed by atoms with Gasteiger partial charge in [-0.1, -0.05) is 36.8 Å². The van der Waals surface area contributed by atoms with Crippen LogP contribution in [-0.2, 0) is 11.8 Å². The van der Waals surface area contributed by atoms with E-state index in [0.717, 1.165) is 42.9 Å². The van der Waals surface area contributed by atoms with Crippen LogP contribution in [0.1, 0.15) is 37.8 Å². The molecule has 2 aromatic rings. The van der Waals surface area contributed by atoms with Crippen molar-refractivity contribution in [2.75, 3.05) is 13.2 Å². The minimum atomic E-state index is 0.160. The lowest BCUT2D eigenvalue weighted by Gasteiger charge is -2.41. The maximum absolute atomic E-state index is 6.13. The molecule has 0 amide bonds. The average molecular weight is 320 g/mol. The molecule has 1 aliphatic carbocycles. The highest BCUT2D eigenvalue weighted by molar-refractivity contribution is 5.82. The van der Waals surface area contributed by atoms with Gasteiger partial charge in [-0.3, -0.25) is 0 Å². The molecule has 4 rings (SSSR count). The van der Waals surface area contributed by atoms with E-state index in [2.05, 4.69) is 49.9 Å². The summed E-state index contributed by atoms with van der Waals surface area (Å²) in [6.07, 6.45) is 3.00. The van der Waals surface area contributed by atoms with Gasteiger partial charge < -0.3 is 9.47 Å². The molecule has 1 atom stereocenters. The van der Waals surface area contributed by atoms with Gasteiger partial charge in [-0.15, -0.1) is 6.58 Å². The van der Waals surface area contributed by atoms with Crippen molar-refractivity contribution in [3.8, 4) is 22.6 Å². The van der Waals surface area contributed by atoms with Crippen LogP contribution in [0.3, 0.4) is 0 Å². The Hall–Kier alpha value is -2.22. The number of hydrogen-bond donors (Lipinski definition) is 0. The molecule has 0 aromatic heterocycles. The highest BCUT2D eigenvalue weighted by Gasteiger charge is 2.40. The van der Waals surface area contributed by atoms with E-state index < -0.39 is 0 Å². The third kappa shape index (κ3) is 2.41. The minimum absolute atomic E-state index is 0.160. The van der Waals surface area contributed by atoms with E-state index >= 15 is 0 Å². The van der Waals surface area contributed by atoms with Gasteiger partial charge in [0.2, 0.25) is 0 Å². The van der Waals surface area contributed by atoms with Crippen molar-refractivity contribution < 1.29 is 9.47 Å². The Bertz CT molecular complexity index is 806. The van der Waals surface area contributed by atoms with E-state index in [4.69, 9.17) is 9.47 Å². The average Bonchev–Trinajstić information content (AvgIpc) is 2.54. The van der Waals surface area contributed by atoms with Crippen LogP contribution in [0, 0.1) is 0 Å². The van der Waals surface area contributed by atoms with E-state index in [-0.39, 0.29) is 5.41 Å². The van der Waals surface area contributed by atoms with Gasteiger partial charge >= 0.3 is 0 Å². The molecule has 2 heteroatoms. The summed E-state index contributed by atoms with van der Waals surface area (Å²) in [6, 6.07) is 12.9. The van der Waals surface area contributed by atoms with Crippen LogP contribution in [0.4, 0.5) is 0 Å². The third-order valence-electron chi connectivity index (χ3n) is 5.29. The van der Waals surface area contributed by atoms with Crippen LogP contribution in [0.2, 0.25) is 0 Å². The maximum Gasteiger partial charge on any atom is 0.127 e. The molecule has 0 spiro atoms. The molecule has 2 aliphatic rings. The topological polar surface area (TPSA) is 18.5 Å². The van der Waals surface area contributed by atoms with E-state index in [9.17, 15) is 0 Å². The van der Waals surface area contributed by atoms with E-state index in [1.54, 1.807) is 0 Å². The summed E-state index contributed by atoms with van der Waals surface area (Å²) in [4.78, 5) is 0. The van der Waals surface area contributed by atoms with Gasteiger partial charge in [0.15, 0.2) is 0 Å². The fraction of sp³-hybridized carbons (Fsp3) is 0.364. The lowest BCUT2D eigenvalue weighted by molar-refractivity contribution is 0.222. The van der Waals surface area contributed by atoms with Gasteiger partial charge in [-0.05, 0) is 43.0 Å². The van der Waals surface area contributed by atoms with E-state index in [0.29, 0.717) is 6.61 Å². The molecule has 0 saturated heterocycles. The van der Waals surface area contributed by atoms with Crippen molar-refractivity contribution in [1.29, 1.82) is 0 Å². The first kappa shape index (κ1) is 15.3. The smallest absolute Gasteiger partial charge is 0.127 e. The van der Waals surface area contributed by atoms with Crippen molar-refractivity contribution in [2.45, 2.75) is 38.5 Å². The van der Waals surface area contributed by atoms with Crippen LogP contribution >= 0.6 is 0 Å². The Kier molecular flexibility index (Phi) is 3.64. The van der Waals surface area contributed by atoms with Crippen LogP contribution < -0.4 is 9.47 Å². The van der Waals surface area contributed by atoms with E-state index in [1.165, 1.54) is 22.3 Å². The first-order valence-electron chi connectivity index (χ1n) is 8.74. The summed E-state index contributed by atoms with van der Waals surface area (Å²) < 4.78 is 12.1. The van der Waals surface area contributed by atoms with Gasteiger partial charge in [0.25, 0.3) is 0 Å². The summed E-state index contributed by atoms with van der Waals surface area (Å²) in [5.41, 5.74) is 6.59. The predicted octanol–water partition coefficient (Wildman–Crippen LogP) is 5.29. The van der Waals surface area contributed by atoms with Gasteiger partial charge in [-0.25, -0.2) is 0 Å². The highest BCUT2D eigenvalue weighted by Crippen LogP contribution is 2.53. The molecule has 0 bridgehead atoms. The third-order valence-corrected chi connectivity index (χ3v) is 5.29. The quantitative estimate of drug-likeness (QED) is 0.712. The van der Waals surface area contributed by atoms with Crippen molar-refractivity contribution in [1.82, 2.24) is 0 Å². The first-order chi connectivity index (χ1) is 11.6. The molecular weight excluding hydrogens is 296 g/mol. The van der Waals surface area contributed by atoms with Crippen molar-refractivity contribution in [3.05, 3.63) is 59.7 Å². The van der Waals surface area contributed by atoms with Gasteiger partial charge in [-0.2, -0.15) is 0 Å². The summed E-state index contributed by atoms with van der Waals surface area (Å²) in [5, 5.41) is 0. The lowest BCUT2D eigenvalue weighted by atomic mass is 9.66. The minimum Gasteiger partial charge on any atom is -0.493 e. The predicted molar refractivity (Wildman–Crippen MR) is 98.0 cm³/mol. The number of rotatable bonds is 4. The fourth-order valence-electron chi connectivity index (χ4n) is 4.08. The SMILES string of the molecule is C=C(C)CCOc1cccc2c1-c1cccc3c1C(C)(CCO3)C2.